The smallest absolute Gasteiger partial charge is 0.307 e. The second-order valence-corrected chi connectivity index (χ2v) is 4.82. The summed E-state index contributed by atoms with van der Waals surface area (Å²) in [4.78, 5) is 11.5. The molecule has 1 aromatic carbocycles. The molecule has 1 rings (SSSR count). The molecule has 0 amide bonds. The first-order valence-electron chi connectivity index (χ1n) is 4.73. The number of aliphatic carboxylic acids is 1. The van der Waals surface area contributed by atoms with Gasteiger partial charge in [-0.1, -0.05) is 18.5 Å². The fourth-order valence-corrected chi connectivity index (χ4v) is 2.28. The maximum absolute atomic E-state index is 10.6. The molecule has 0 spiro atoms. The second kappa shape index (κ2) is 6.01. The molecule has 0 aliphatic carbocycles. The van der Waals surface area contributed by atoms with Crippen molar-refractivity contribution >= 4 is 29.3 Å². The van der Waals surface area contributed by atoms with E-state index in [1.807, 2.05) is 6.07 Å². The van der Waals surface area contributed by atoms with Crippen LogP contribution >= 0.6 is 23.4 Å². The average Bonchev–Trinajstić information content (AvgIpc) is 2.26. The lowest BCUT2D eigenvalue weighted by Crippen LogP contribution is -2.11. The van der Waals surface area contributed by atoms with Crippen molar-refractivity contribution in [1.82, 2.24) is 0 Å². The predicted octanol–water partition coefficient (Wildman–Crippen LogP) is 3.16. The number of carboxylic acid groups (broad SMARTS) is 1. The molecule has 0 aliphatic rings. The highest BCUT2D eigenvalue weighted by Gasteiger charge is 2.12. The van der Waals surface area contributed by atoms with Gasteiger partial charge in [0, 0.05) is 10.6 Å². The number of carboxylic acids is 1. The molecule has 0 aliphatic heterocycles. The van der Waals surface area contributed by atoms with Gasteiger partial charge in [0.1, 0.15) is 5.75 Å². The third kappa shape index (κ3) is 3.61. The normalized spacial score (nSPS) is 12.2. The molecule has 1 atom stereocenters. The summed E-state index contributed by atoms with van der Waals surface area (Å²) >= 11 is 7.46. The van der Waals surface area contributed by atoms with Gasteiger partial charge in [0.25, 0.3) is 0 Å². The topological polar surface area (TPSA) is 46.5 Å². The van der Waals surface area contributed by atoms with Crippen molar-refractivity contribution in [2.45, 2.75) is 11.8 Å². The minimum Gasteiger partial charge on any atom is -0.497 e. The molecule has 1 N–H and O–H groups in total. The van der Waals surface area contributed by atoms with Gasteiger partial charge in [0.05, 0.1) is 18.1 Å². The van der Waals surface area contributed by atoms with Crippen molar-refractivity contribution in [2.24, 2.45) is 5.92 Å². The lowest BCUT2D eigenvalue weighted by atomic mass is 10.2. The molecule has 0 fully saturated rings. The highest BCUT2D eigenvalue weighted by Crippen LogP contribution is 2.31. The molecule has 0 heterocycles. The van der Waals surface area contributed by atoms with Crippen LogP contribution in [0.2, 0.25) is 5.02 Å². The van der Waals surface area contributed by atoms with Gasteiger partial charge in [-0.3, -0.25) is 4.79 Å². The fraction of sp³-hybridized carbons (Fsp3) is 0.364. The Bertz CT molecular complexity index is 381. The van der Waals surface area contributed by atoms with Crippen LogP contribution in [0.4, 0.5) is 0 Å². The zero-order valence-electron chi connectivity index (χ0n) is 9.07. The Morgan fingerprint density at radius 2 is 2.31 bits per heavy atom. The Balaban J connectivity index is 2.64. The second-order valence-electron chi connectivity index (χ2n) is 3.35. The summed E-state index contributed by atoms with van der Waals surface area (Å²) in [6.07, 6.45) is 0. The number of halogens is 1. The van der Waals surface area contributed by atoms with Crippen LogP contribution in [-0.4, -0.2) is 23.9 Å². The van der Waals surface area contributed by atoms with Crippen molar-refractivity contribution in [3.8, 4) is 5.75 Å². The minimum absolute atomic E-state index is 0.386. The Labute approximate surface area is 104 Å². The van der Waals surface area contributed by atoms with E-state index >= 15 is 0 Å². The van der Waals surface area contributed by atoms with E-state index in [1.165, 1.54) is 11.8 Å². The van der Waals surface area contributed by atoms with Gasteiger partial charge in [-0.2, -0.15) is 0 Å². The maximum Gasteiger partial charge on any atom is 0.307 e. The zero-order chi connectivity index (χ0) is 12.1. The average molecular weight is 261 g/mol. The van der Waals surface area contributed by atoms with Crippen LogP contribution in [-0.2, 0) is 4.79 Å². The molecule has 1 unspecified atom stereocenters. The van der Waals surface area contributed by atoms with Gasteiger partial charge < -0.3 is 9.84 Å². The van der Waals surface area contributed by atoms with Gasteiger partial charge in [-0.15, -0.1) is 11.8 Å². The lowest BCUT2D eigenvalue weighted by molar-refractivity contribution is -0.140. The highest BCUT2D eigenvalue weighted by atomic mass is 35.5. The fourth-order valence-electron chi connectivity index (χ4n) is 1.01. The Kier molecular flexibility index (Phi) is 4.96. The van der Waals surface area contributed by atoms with Gasteiger partial charge in [0.15, 0.2) is 0 Å². The summed E-state index contributed by atoms with van der Waals surface area (Å²) in [7, 11) is 1.57. The largest absolute Gasteiger partial charge is 0.497 e. The van der Waals surface area contributed by atoms with E-state index in [1.54, 1.807) is 26.2 Å². The molecule has 0 saturated heterocycles. The van der Waals surface area contributed by atoms with Crippen LogP contribution in [0.3, 0.4) is 0 Å². The molecule has 16 heavy (non-hydrogen) atoms. The third-order valence-electron chi connectivity index (χ3n) is 2.05. The van der Waals surface area contributed by atoms with Crippen LogP contribution in [0, 0.1) is 5.92 Å². The Morgan fingerprint density at radius 1 is 1.62 bits per heavy atom. The molecule has 5 heteroatoms. The Hall–Kier alpha value is -0.870. The van der Waals surface area contributed by atoms with Gasteiger partial charge in [-0.05, 0) is 18.2 Å². The first-order valence-corrected chi connectivity index (χ1v) is 6.10. The first kappa shape index (κ1) is 13.2. The molecule has 1 aromatic rings. The predicted molar refractivity (Wildman–Crippen MR) is 65.5 cm³/mol. The van der Waals surface area contributed by atoms with Crippen molar-refractivity contribution < 1.29 is 14.6 Å². The molecule has 0 aromatic heterocycles. The number of ether oxygens (including phenoxy) is 1. The number of rotatable bonds is 5. The summed E-state index contributed by atoms with van der Waals surface area (Å²) in [5, 5.41) is 9.33. The van der Waals surface area contributed by atoms with Crippen LogP contribution in [0.15, 0.2) is 23.1 Å². The quantitative estimate of drug-likeness (QED) is 0.826. The molecular weight excluding hydrogens is 248 g/mol. The number of hydrogen-bond donors (Lipinski definition) is 1. The van der Waals surface area contributed by atoms with Crippen molar-refractivity contribution in [3.05, 3.63) is 23.2 Å². The number of carbonyl (C=O) groups is 1. The van der Waals surface area contributed by atoms with Crippen LogP contribution in [0.1, 0.15) is 6.92 Å². The standard InChI is InChI=1S/C11H13ClO3S/c1-7(11(13)14)6-16-10-4-3-8(15-2)5-9(10)12/h3-5,7H,6H2,1-2H3,(H,13,14). The van der Waals surface area contributed by atoms with E-state index in [-0.39, 0.29) is 5.92 Å². The SMILES string of the molecule is COc1ccc(SCC(C)C(=O)O)c(Cl)c1. The molecule has 0 saturated carbocycles. The van der Waals surface area contributed by atoms with Gasteiger partial charge in [-0.25, -0.2) is 0 Å². The molecule has 0 bridgehead atoms. The summed E-state index contributed by atoms with van der Waals surface area (Å²) in [6.45, 7) is 1.67. The number of benzene rings is 1. The number of thioether (sulfide) groups is 1. The van der Waals surface area contributed by atoms with Crippen molar-refractivity contribution in [2.75, 3.05) is 12.9 Å². The monoisotopic (exact) mass is 260 g/mol. The van der Waals surface area contributed by atoms with Gasteiger partial charge >= 0.3 is 5.97 Å². The summed E-state index contributed by atoms with van der Waals surface area (Å²) in [5.41, 5.74) is 0. The maximum atomic E-state index is 10.6. The van der Waals surface area contributed by atoms with Crippen molar-refractivity contribution in [3.63, 3.8) is 0 Å². The van der Waals surface area contributed by atoms with Crippen LogP contribution in [0.25, 0.3) is 0 Å². The van der Waals surface area contributed by atoms with E-state index in [0.717, 1.165) is 4.90 Å². The molecule has 0 radical (unpaired) electrons. The minimum atomic E-state index is -0.794. The van der Waals surface area contributed by atoms with E-state index in [0.29, 0.717) is 16.5 Å². The van der Waals surface area contributed by atoms with Crippen molar-refractivity contribution in [1.29, 1.82) is 0 Å². The third-order valence-corrected chi connectivity index (χ3v) is 3.81. The lowest BCUT2D eigenvalue weighted by Gasteiger charge is -2.08. The van der Waals surface area contributed by atoms with E-state index in [2.05, 4.69) is 0 Å². The number of methoxy groups -OCH3 is 1. The molecular formula is C11H13ClO3S. The van der Waals surface area contributed by atoms with Gasteiger partial charge in [0.2, 0.25) is 0 Å². The van der Waals surface area contributed by atoms with Crippen LogP contribution in [0.5, 0.6) is 5.75 Å². The van der Waals surface area contributed by atoms with E-state index in [9.17, 15) is 4.79 Å². The summed E-state index contributed by atoms with van der Waals surface area (Å²) in [5.74, 6) is 0.0161. The zero-order valence-corrected chi connectivity index (χ0v) is 10.6. The summed E-state index contributed by atoms with van der Waals surface area (Å²) in [6, 6.07) is 5.36. The van der Waals surface area contributed by atoms with Crippen LogP contribution < -0.4 is 4.74 Å². The first-order chi connectivity index (χ1) is 7.54. The van der Waals surface area contributed by atoms with E-state index < -0.39 is 5.97 Å². The highest BCUT2D eigenvalue weighted by molar-refractivity contribution is 7.99. The molecule has 88 valence electrons. The van der Waals surface area contributed by atoms with E-state index in [4.69, 9.17) is 21.4 Å². The molecule has 3 nitrogen and oxygen atoms in total. The summed E-state index contributed by atoms with van der Waals surface area (Å²) < 4.78 is 5.03. The number of hydrogen-bond acceptors (Lipinski definition) is 3. The Morgan fingerprint density at radius 3 is 2.81 bits per heavy atom.